The van der Waals surface area contributed by atoms with Gasteiger partial charge in [0.05, 0.1) is 21.1 Å². The van der Waals surface area contributed by atoms with Crippen LogP contribution >= 0.6 is 34.4 Å². The molecule has 7 rings (SSSR count). The predicted octanol–water partition coefficient (Wildman–Crippen LogP) is 13.5. The number of hydrogen-bond acceptors (Lipinski definition) is 18. The van der Waals surface area contributed by atoms with E-state index in [0.717, 1.165) is 84.3 Å². The van der Waals surface area contributed by atoms with E-state index >= 15 is 0 Å². The summed E-state index contributed by atoms with van der Waals surface area (Å²) in [4.78, 5) is 45.7. The number of Topliss-reactive ketones (excluding diaryl/α,β-unsaturated/α-hetero) is 2. The van der Waals surface area contributed by atoms with Crippen molar-refractivity contribution in [3.8, 4) is 0 Å². The molecule has 0 saturated heterocycles. The van der Waals surface area contributed by atoms with Crippen LogP contribution in [0.15, 0.2) is 73.0 Å². The molecule has 20 heteroatoms. The first kappa shape index (κ1) is 49.7. The number of azo groups is 2. The zero-order chi connectivity index (χ0) is 48.3. The molecule has 0 radical (unpaired) electrons. The van der Waals surface area contributed by atoms with Crippen molar-refractivity contribution in [2.45, 2.75) is 111 Å². The van der Waals surface area contributed by atoms with Crippen LogP contribution in [0.1, 0.15) is 118 Å². The molecule has 5 aromatic rings. The largest absolute Gasteiger partial charge is 0.372 e. The molecule has 0 fully saturated rings. The highest BCUT2D eigenvalue weighted by atomic mass is 32.2. The average molecular weight is 986 g/mol. The van der Waals surface area contributed by atoms with Crippen LogP contribution in [-0.4, -0.2) is 71.4 Å². The van der Waals surface area contributed by atoms with Crippen molar-refractivity contribution >= 4 is 112 Å². The first-order chi connectivity index (χ1) is 31.8. The van der Waals surface area contributed by atoms with Crippen molar-refractivity contribution in [1.29, 1.82) is 0 Å². The van der Waals surface area contributed by atoms with Crippen molar-refractivity contribution in [3.63, 3.8) is 0 Å². The summed E-state index contributed by atoms with van der Waals surface area (Å²) in [7, 11) is -4.76. The molecule has 2 aromatic carbocycles. The Morgan fingerprint density at radius 2 is 1.24 bits per heavy atom. The maximum absolute atomic E-state index is 13.2. The Morgan fingerprint density at radius 1 is 0.701 bits per heavy atom. The predicted molar refractivity (Wildman–Crippen MR) is 272 cm³/mol. The number of hydrogen-bond donors (Lipinski definition) is 3. The third-order valence-corrected chi connectivity index (χ3v) is 15.9. The number of anilines is 6. The van der Waals surface area contributed by atoms with Crippen LogP contribution in [-0.2, 0) is 23.0 Å². The number of ketones is 2. The number of nitrogens with one attached hydrogen (secondary N) is 2. The molecule has 67 heavy (non-hydrogen) atoms. The molecule has 0 unspecified atom stereocenters. The molecule has 0 atom stereocenters. The number of unbranched alkanes of at least 4 members (excludes halogenated alkanes) is 1. The standard InChI is InChI=1S/C47H59N11O5S4/c1-10-15-20-64-45-51-43(48-34-22-29(57(11-2)12-3)16-18-32(34)53-55-38-21-28-24-46(6,7)26-36(59)39(28)65-38)50-44(52-45)49-35-23-30(58(13-4)14-5)17-19-33(35)54-56-42-41(67(61,62)63)31-25-47(8,9)27-37(60)40(31)66-42/h16-19,21-23H,10-15,20,24-27H2,1-9H3,(H,61,62,63)(H2,48,49,50,51,52). The minimum Gasteiger partial charge on any atom is -0.372 e. The Labute approximate surface area is 405 Å². The van der Waals surface area contributed by atoms with Crippen molar-refractivity contribution < 1.29 is 22.6 Å². The Balaban J connectivity index is 1.28. The summed E-state index contributed by atoms with van der Waals surface area (Å²) in [5.41, 5.74) is 4.50. The number of aromatic nitrogens is 3. The third-order valence-electron chi connectivity index (χ3n) is 11.7. The molecule has 0 spiro atoms. The van der Waals surface area contributed by atoms with Gasteiger partial charge < -0.3 is 20.4 Å². The summed E-state index contributed by atoms with van der Waals surface area (Å²) in [6.07, 6.45) is 3.78. The average Bonchev–Trinajstić information content (AvgIpc) is 3.84. The van der Waals surface area contributed by atoms with Crippen LogP contribution in [0, 0.1) is 10.8 Å². The Kier molecular flexibility index (Phi) is 15.3. The lowest BCUT2D eigenvalue weighted by Gasteiger charge is -2.28. The molecular formula is C47H59N11O5S4. The van der Waals surface area contributed by atoms with Gasteiger partial charge in [-0.15, -0.1) is 43.1 Å². The highest BCUT2D eigenvalue weighted by molar-refractivity contribution is 7.99. The van der Waals surface area contributed by atoms with E-state index in [1.807, 2.05) is 50.2 Å². The molecule has 0 bridgehead atoms. The number of fused-ring (bicyclic) bond motifs is 2. The van der Waals surface area contributed by atoms with Crippen LogP contribution in [0.2, 0.25) is 0 Å². The van der Waals surface area contributed by atoms with E-state index in [9.17, 15) is 22.6 Å². The number of benzene rings is 2. The maximum Gasteiger partial charge on any atom is 0.297 e. The van der Waals surface area contributed by atoms with E-state index in [4.69, 9.17) is 20.1 Å². The van der Waals surface area contributed by atoms with E-state index in [-0.39, 0.29) is 62.1 Å². The molecule has 0 aliphatic heterocycles. The molecule has 0 amide bonds. The highest BCUT2D eigenvalue weighted by Crippen LogP contribution is 2.48. The van der Waals surface area contributed by atoms with Gasteiger partial charge in [-0.1, -0.05) is 52.8 Å². The maximum atomic E-state index is 13.2. The van der Waals surface area contributed by atoms with Gasteiger partial charge in [-0.2, -0.15) is 23.4 Å². The fourth-order valence-electron chi connectivity index (χ4n) is 8.41. The van der Waals surface area contributed by atoms with Gasteiger partial charge in [0.15, 0.2) is 21.7 Å². The first-order valence-electron chi connectivity index (χ1n) is 22.7. The molecular weight excluding hydrogens is 927 g/mol. The van der Waals surface area contributed by atoms with Gasteiger partial charge in [0.2, 0.25) is 11.9 Å². The van der Waals surface area contributed by atoms with Gasteiger partial charge in [-0.05, 0) is 111 Å². The molecule has 16 nitrogen and oxygen atoms in total. The molecule has 2 aliphatic rings. The molecule has 3 N–H and O–H groups in total. The summed E-state index contributed by atoms with van der Waals surface area (Å²) in [6.45, 7) is 21.5. The van der Waals surface area contributed by atoms with Gasteiger partial charge in [-0.25, -0.2) is 0 Å². The zero-order valence-electron chi connectivity index (χ0n) is 39.6. The molecule has 0 saturated carbocycles. The topological polar surface area (TPSA) is 207 Å². The van der Waals surface area contributed by atoms with Gasteiger partial charge in [0, 0.05) is 56.1 Å². The lowest BCUT2D eigenvalue weighted by atomic mass is 9.76. The summed E-state index contributed by atoms with van der Waals surface area (Å²) in [5.74, 6) is 1.18. The van der Waals surface area contributed by atoms with Gasteiger partial charge in [0.25, 0.3) is 10.1 Å². The normalized spacial score (nSPS) is 15.6. The number of nitrogens with zero attached hydrogens (tertiary/aromatic N) is 9. The van der Waals surface area contributed by atoms with Crippen molar-refractivity contribution in [1.82, 2.24) is 15.0 Å². The Morgan fingerprint density at radius 3 is 1.78 bits per heavy atom. The molecule has 2 aliphatic carbocycles. The molecule has 3 heterocycles. The summed E-state index contributed by atoms with van der Waals surface area (Å²) >= 11 is 3.79. The number of carbonyl (C=O) groups is 2. The van der Waals surface area contributed by atoms with Gasteiger partial charge >= 0.3 is 0 Å². The van der Waals surface area contributed by atoms with E-state index in [0.29, 0.717) is 39.3 Å². The van der Waals surface area contributed by atoms with Crippen molar-refractivity contribution in [2.24, 2.45) is 31.3 Å². The van der Waals surface area contributed by atoms with Crippen LogP contribution in [0.5, 0.6) is 0 Å². The first-order valence-corrected chi connectivity index (χ1v) is 26.8. The number of thioether (sulfide) groups is 1. The quantitative estimate of drug-likeness (QED) is 0.0305. The minimum absolute atomic E-state index is 0.0745. The fraction of sp³-hybridized carbons (Fsp3) is 0.468. The van der Waals surface area contributed by atoms with E-state index in [2.05, 4.69) is 84.2 Å². The number of thiophene rings is 2. The third kappa shape index (κ3) is 11.8. The Bertz CT molecular complexity index is 2830. The Hall–Kier alpha value is -5.15. The van der Waals surface area contributed by atoms with E-state index in [1.165, 1.54) is 23.1 Å². The smallest absolute Gasteiger partial charge is 0.297 e. The second-order valence-electron chi connectivity index (χ2n) is 18.2. The summed E-state index contributed by atoms with van der Waals surface area (Å²) < 4.78 is 36.1. The van der Waals surface area contributed by atoms with Crippen LogP contribution in [0.4, 0.5) is 56.0 Å². The molecule has 3 aromatic heterocycles. The summed E-state index contributed by atoms with van der Waals surface area (Å²) in [5, 5.41) is 26.1. The second kappa shape index (κ2) is 20.6. The van der Waals surface area contributed by atoms with Crippen LogP contribution < -0.4 is 20.4 Å². The van der Waals surface area contributed by atoms with Crippen molar-refractivity contribution in [3.05, 3.63) is 63.3 Å². The lowest BCUT2D eigenvalue weighted by Crippen LogP contribution is -2.26. The van der Waals surface area contributed by atoms with Gasteiger partial charge in [0.1, 0.15) is 21.3 Å². The number of carbonyl (C=O) groups excluding carboxylic acids is 2. The van der Waals surface area contributed by atoms with E-state index in [1.54, 1.807) is 6.07 Å². The molecule has 356 valence electrons. The second-order valence-corrected chi connectivity index (χ2v) is 22.7. The lowest BCUT2D eigenvalue weighted by molar-refractivity contribution is 0.0907. The minimum atomic E-state index is -4.76. The van der Waals surface area contributed by atoms with Gasteiger partial charge in [-0.3, -0.25) is 14.1 Å². The fourth-order valence-corrected chi connectivity index (χ4v) is 12.5. The monoisotopic (exact) mass is 985 g/mol. The SMILES string of the molecule is CCCCSc1nc(Nc2cc(N(CC)CC)ccc2N=Nc2cc3c(s2)C(=O)CC(C)(C)C3)nc(Nc2cc(N(CC)CC)ccc2N=Nc2sc3c(c2S(=O)(=O)O)CC(C)(C)CC3=O)n1. The number of rotatable bonds is 19. The highest BCUT2D eigenvalue weighted by Gasteiger charge is 2.39. The zero-order valence-corrected chi connectivity index (χ0v) is 42.8. The van der Waals surface area contributed by atoms with Crippen LogP contribution in [0.25, 0.3) is 0 Å². The van der Waals surface area contributed by atoms with Crippen LogP contribution in [0.3, 0.4) is 0 Å². The van der Waals surface area contributed by atoms with E-state index < -0.39 is 15.5 Å². The summed E-state index contributed by atoms with van der Waals surface area (Å²) in [6, 6.07) is 13.4. The van der Waals surface area contributed by atoms with Crippen molar-refractivity contribution in [2.75, 3.05) is 52.4 Å².